The second-order valence-electron chi connectivity index (χ2n) is 14.9. The average molecular weight is 692 g/mol. The van der Waals surface area contributed by atoms with E-state index in [1.807, 2.05) is 12.2 Å². The van der Waals surface area contributed by atoms with Crippen LogP contribution < -0.4 is 5.32 Å². The second kappa shape index (κ2) is 39.6. The minimum atomic E-state index is -1.27. The van der Waals surface area contributed by atoms with Crippen molar-refractivity contribution in [1.82, 2.24) is 5.32 Å². The SMILES string of the molecule is CCCCCCCCCCCCCCCCCC=CC(O)C(=O)NC(CO)C(O)C=CCCCCCCCCCCCCCCCCCC. The molecule has 290 valence electrons. The minimum absolute atomic E-state index is 0.383. The van der Waals surface area contributed by atoms with Gasteiger partial charge in [0, 0.05) is 0 Å². The van der Waals surface area contributed by atoms with Crippen LogP contribution in [0.1, 0.15) is 226 Å². The Kier molecular flexibility index (Phi) is 38.7. The molecule has 4 N–H and O–H groups in total. The van der Waals surface area contributed by atoms with Gasteiger partial charge in [-0.05, 0) is 25.7 Å². The van der Waals surface area contributed by atoms with Crippen molar-refractivity contribution >= 4 is 5.91 Å². The first-order valence-corrected chi connectivity index (χ1v) is 21.7. The molecule has 0 spiro atoms. The molecular weight excluding hydrogens is 606 g/mol. The number of aliphatic hydroxyl groups excluding tert-OH is 3. The van der Waals surface area contributed by atoms with Gasteiger partial charge in [-0.25, -0.2) is 0 Å². The summed E-state index contributed by atoms with van der Waals surface area (Å²) < 4.78 is 0. The lowest BCUT2D eigenvalue weighted by Gasteiger charge is -2.20. The van der Waals surface area contributed by atoms with Crippen LogP contribution in [0.2, 0.25) is 0 Å². The zero-order chi connectivity index (χ0) is 35.9. The van der Waals surface area contributed by atoms with Gasteiger partial charge >= 0.3 is 0 Å². The Morgan fingerprint density at radius 2 is 0.755 bits per heavy atom. The number of allylic oxidation sites excluding steroid dienone is 2. The highest BCUT2D eigenvalue weighted by Crippen LogP contribution is 2.16. The van der Waals surface area contributed by atoms with Gasteiger partial charge in [-0.1, -0.05) is 224 Å². The molecule has 0 aromatic rings. The van der Waals surface area contributed by atoms with Gasteiger partial charge in [-0.3, -0.25) is 4.79 Å². The van der Waals surface area contributed by atoms with Crippen molar-refractivity contribution in [2.75, 3.05) is 6.61 Å². The van der Waals surface area contributed by atoms with E-state index in [1.165, 1.54) is 192 Å². The van der Waals surface area contributed by atoms with Gasteiger partial charge in [0.1, 0.15) is 0 Å². The van der Waals surface area contributed by atoms with E-state index < -0.39 is 24.2 Å². The number of carbonyl (C=O) groups is 1. The van der Waals surface area contributed by atoms with Crippen molar-refractivity contribution in [3.05, 3.63) is 24.3 Å². The van der Waals surface area contributed by atoms with Crippen molar-refractivity contribution in [3.8, 4) is 0 Å². The molecule has 0 aliphatic carbocycles. The molecule has 0 saturated carbocycles. The summed E-state index contributed by atoms with van der Waals surface area (Å²) in [6, 6.07) is -0.826. The molecule has 1 amide bonds. The Morgan fingerprint density at radius 1 is 0.469 bits per heavy atom. The van der Waals surface area contributed by atoms with Gasteiger partial charge < -0.3 is 20.6 Å². The van der Waals surface area contributed by atoms with Crippen LogP contribution in [0.4, 0.5) is 0 Å². The van der Waals surface area contributed by atoms with Crippen molar-refractivity contribution in [2.45, 2.75) is 244 Å². The summed E-state index contributed by atoms with van der Waals surface area (Å²) in [4.78, 5) is 12.4. The molecule has 0 radical (unpaired) electrons. The van der Waals surface area contributed by atoms with Crippen LogP contribution in [-0.4, -0.2) is 46.1 Å². The lowest BCUT2D eigenvalue weighted by molar-refractivity contribution is -0.128. The van der Waals surface area contributed by atoms with Crippen molar-refractivity contribution in [3.63, 3.8) is 0 Å². The largest absolute Gasteiger partial charge is 0.394 e. The first-order chi connectivity index (χ1) is 24.1. The van der Waals surface area contributed by atoms with Crippen LogP contribution in [-0.2, 0) is 4.79 Å². The number of hydrogen-bond donors (Lipinski definition) is 4. The molecule has 0 fully saturated rings. The van der Waals surface area contributed by atoms with Crippen molar-refractivity contribution in [2.24, 2.45) is 0 Å². The molecule has 0 bridgehead atoms. The molecule has 49 heavy (non-hydrogen) atoms. The fourth-order valence-corrected chi connectivity index (χ4v) is 6.63. The lowest BCUT2D eigenvalue weighted by atomic mass is 10.0. The third kappa shape index (κ3) is 35.0. The number of aliphatic hydroxyl groups is 3. The summed E-state index contributed by atoms with van der Waals surface area (Å²) in [7, 11) is 0. The van der Waals surface area contributed by atoms with E-state index >= 15 is 0 Å². The number of rotatable bonds is 39. The molecule has 0 aliphatic rings. The Balaban J connectivity index is 3.71. The Bertz CT molecular complexity index is 724. The number of nitrogens with one attached hydrogen (secondary N) is 1. The van der Waals surface area contributed by atoms with Gasteiger partial charge in [0.2, 0.25) is 0 Å². The van der Waals surface area contributed by atoms with Crippen LogP contribution in [0, 0.1) is 0 Å². The van der Waals surface area contributed by atoms with Gasteiger partial charge in [0.15, 0.2) is 6.10 Å². The molecule has 0 aromatic heterocycles. The third-order valence-corrected chi connectivity index (χ3v) is 10.1. The molecular formula is C44H85NO4. The molecule has 0 aliphatic heterocycles. The van der Waals surface area contributed by atoms with Crippen LogP contribution in [0.25, 0.3) is 0 Å². The van der Waals surface area contributed by atoms with E-state index in [9.17, 15) is 20.1 Å². The standard InChI is InChI=1S/C44H85NO4/c1-3-5-7-9-11-13-15-17-19-21-23-24-26-28-30-32-34-36-38-42(47)41(40-46)45-44(49)43(48)39-37-35-33-31-29-27-25-22-20-18-16-14-12-10-8-6-4-2/h36-39,41-43,46-48H,3-35,40H2,1-2H3,(H,45,49). The van der Waals surface area contributed by atoms with Crippen LogP contribution >= 0.6 is 0 Å². The van der Waals surface area contributed by atoms with E-state index in [0.717, 1.165) is 25.7 Å². The highest BCUT2D eigenvalue weighted by molar-refractivity contribution is 5.82. The minimum Gasteiger partial charge on any atom is -0.394 e. The van der Waals surface area contributed by atoms with Gasteiger partial charge in [0.05, 0.1) is 18.8 Å². The zero-order valence-corrected chi connectivity index (χ0v) is 32.8. The van der Waals surface area contributed by atoms with E-state index in [-0.39, 0.29) is 6.61 Å². The van der Waals surface area contributed by atoms with Gasteiger partial charge in [0.25, 0.3) is 5.91 Å². The molecule has 3 atom stereocenters. The normalized spacial score (nSPS) is 13.8. The summed E-state index contributed by atoms with van der Waals surface area (Å²) >= 11 is 0. The predicted molar refractivity (Wildman–Crippen MR) is 213 cm³/mol. The fraction of sp³-hybridized carbons (Fsp3) is 0.886. The highest BCUT2D eigenvalue weighted by Gasteiger charge is 2.21. The maximum atomic E-state index is 12.4. The van der Waals surface area contributed by atoms with E-state index in [0.29, 0.717) is 0 Å². The summed E-state index contributed by atoms with van der Waals surface area (Å²) in [6.45, 7) is 4.17. The first kappa shape index (κ1) is 47.8. The molecule has 0 aromatic carbocycles. The number of hydrogen-bond acceptors (Lipinski definition) is 4. The summed E-state index contributed by atoms with van der Waals surface area (Å²) in [6.07, 6.45) is 48.0. The van der Waals surface area contributed by atoms with E-state index in [2.05, 4.69) is 19.2 Å². The molecule has 0 heterocycles. The van der Waals surface area contributed by atoms with Crippen molar-refractivity contribution in [1.29, 1.82) is 0 Å². The quantitative estimate of drug-likeness (QED) is 0.0381. The van der Waals surface area contributed by atoms with E-state index in [1.54, 1.807) is 6.08 Å². The van der Waals surface area contributed by atoms with Crippen molar-refractivity contribution < 1.29 is 20.1 Å². The summed E-state index contributed by atoms with van der Waals surface area (Å²) in [5.41, 5.74) is 0. The smallest absolute Gasteiger partial charge is 0.253 e. The van der Waals surface area contributed by atoms with Crippen LogP contribution in [0.3, 0.4) is 0 Å². The van der Waals surface area contributed by atoms with Gasteiger partial charge in [-0.15, -0.1) is 0 Å². The number of carbonyl (C=O) groups excluding carboxylic acids is 1. The Labute approximate surface area is 305 Å². The topological polar surface area (TPSA) is 89.8 Å². The number of amides is 1. The van der Waals surface area contributed by atoms with Crippen LogP contribution in [0.5, 0.6) is 0 Å². The number of unbranched alkanes of at least 4 members (excludes halogenated alkanes) is 31. The third-order valence-electron chi connectivity index (χ3n) is 10.1. The lowest BCUT2D eigenvalue weighted by Crippen LogP contribution is -2.48. The fourth-order valence-electron chi connectivity index (χ4n) is 6.63. The summed E-state index contributed by atoms with van der Waals surface area (Å²) in [5, 5.41) is 33.0. The highest BCUT2D eigenvalue weighted by atomic mass is 16.3. The molecule has 0 rings (SSSR count). The molecule has 0 saturated heterocycles. The van der Waals surface area contributed by atoms with E-state index in [4.69, 9.17) is 0 Å². The Morgan fingerprint density at radius 3 is 1.06 bits per heavy atom. The monoisotopic (exact) mass is 692 g/mol. The zero-order valence-electron chi connectivity index (χ0n) is 32.8. The first-order valence-electron chi connectivity index (χ1n) is 21.7. The maximum Gasteiger partial charge on any atom is 0.253 e. The predicted octanol–water partition coefficient (Wildman–Crippen LogP) is 12.2. The molecule has 3 unspecified atom stereocenters. The maximum absolute atomic E-state index is 12.4. The second-order valence-corrected chi connectivity index (χ2v) is 14.9. The average Bonchev–Trinajstić information content (AvgIpc) is 3.11. The molecule has 5 heteroatoms. The molecule has 5 nitrogen and oxygen atoms in total. The van der Waals surface area contributed by atoms with Gasteiger partial charge in [-0.2, -0.15) is 0 Å². The van der Waals surface area contributed by atoms with Crippen LogP contribution in [0.15, 0.2) is 24.3 Å². The Hall–Kier alpha value is -1.17. The summed E-state index contributed by atoms with van der Waals surface area (Å²) in [5.74, 6) is -0.586.